The highest BCUT2D eigenvalue weighted by Gasteiger charge is 2.44. The molecule has 1 fully saturated rings. The molecule has 2 aromatic rings. The summed E-state index contributed by atoms with van der Waals surface area (Å²) in [6.45, 7) is 5.10. The third kappa shape index (κ3) is 5.03. The second-order valence-corrected chi connectivity index (χ2v) is 7.81. The van der Waals surface area contributed by atoms with Crippen LogP contribution in [0.3, 0.4) is 0 Å². The van der Waals surface area contributed by atoms with Crippen molar-refractivity contribution in [1.82, 2.24) is 9.88 Å². The van der Waals surface area contributed by atoms with Crippen LogP contribution in [0, 0.1) is 12.3 Å². The van der Waals surface area contributed by atoms with E-state index in [9.17, 15) is 9.59 Å². The van der Waals surface area contributed by atoms with Gasteiger partial charge < -0.3 is 9.64 Å². The van der Waals surface area contributed by atoms with Gasteiger partial charge in [-0.25, -0.2) is 0 Å². The summed E-state index contributed by atoms with van der Waals surface area (Å²) in [5.74, 6) is -0.222. The fraction of sp³-hybridized carbons (Fsp3) is 0.458. The highest BCUT2D eigenvalue weighted by molar-refractivity contribution is 5.95. The number of aromatic nitrogens is 1. The van der Waals surface area contributed by atoms with E-state index in [1.807, 2.05) is 36.9 Å². The molecule has 1 aromatic heterocycles. The molecular weight excluding hydrogens is 364 g/mol. The Hall–Kier alpha value is -2.69. The molecule has 0 spiro atoms. The van der Waals surface area contributed by atoms with Crippen LogP contribution >= 0.6 is 0 Å². The summed E-state index contributed by atoms with van der Waals surface area (Å²) in [4.78, 5) is 32.1. The van der Waals surface area contributed by atoms with Gasteiger partial charge in [-0.15, -0.1) is 0 Å². The SMILES string of the molecule is CCOC(=O)[C@]1(CCCc2ccccc2)CCCN(C(=O)c2cccnc2C)C1. The van der Waals surface area contributed by atoms with Gasteiger partial charge >= 0.3 is 5.97 Å². The molecule has 2 heterocycles. The molecule has 5 nitrogen and oxygen atoms in total. The number of likely N-dealkylation sites (tertiary alicyclic amines) is 1. The molecule has 0 radical (unpaired) electrons. The monoisotopic (exact) mass is 394 g/mol. The first-order valence-corrected chi connectivity index (χ1v) is 10.5. The Morgan fingerprint density at radius 3 is 2.69 bits per heavy atom. The van der Waals surface area contributed by atoms with Crippen molar-refractivity contribution >= 4 is 11.9 Å². The number of amides is 1. The van der Waals surface area contributed by atoms with Crippen molar-refractivity contribution in [2.45, 2.75) is 46.0 Å². The average molecular weight is 395 g/mol. The van der Waals surface area contributed by atoms with E-state index in [1.54, 1.807) is 18.3 Å². The Bertz CT molecular complexity index is 837. The van der Waals surface area contributed by atoms with E-state index >= 15 is 0 Å². The van der Waals surface area contributed by atoms with E-state index < -0.39 is 5.41 Å². The first kappa shape index (κ1) is 21.0. The van der Waals surface area contributed by atoms with Gasteiger partial charge in [-0.2, -0.15) is 0 Å². The van der Waals surface area contributed by atoms with Gasteiger partial charge in [-0.05, 0) is 63.6 Å². The zero-order chi connectivity index (χ0) is 20.7. The van der Waals surface area contributed by atoms with Crippen molar-refractivity contribution < 1.29 is 14.3 Å². The van der Waals surface area contributed by atoms with Gasteiger partial charge in [0.05, 0.1) is 17.6 Å². The van der Waals surface area contributed by atoms with Crippen LogP contribution in [0.2, 0.25) is 0 Å². The minimum absolute atomic E-state index is 0.0490. The highest BCUT2D eigenvalue weighted by Crippen LogP contribution is 2.37. The number of hydrogen-bond donors (Lipinski definition) is 0. The van der Waals surface area contributed by atoms with Gasteiger partial charge in [0.2, 0.25) is 0 Å². The van der Waals surface area contributed by atoms with Crippen molar-refractivity contribution in [2.75, 3.05) is 19.7 Å². The summed E-state index contributed by atoms with van der Waals surface area (Å²) in [5.41, 5.74) is 1.96. The highest BCUT2D eigenvalue weighted by atomic mass is 16.5. The summed E-state index contributed by atoms with van der Waals surface area (Å²) < 4.78 is 5.46. The first-order chi connectivity index (χ1) is 14.1. The van der Waals surface area contributed by atoms with Gasteiger partial charge in [0.1, 0.15) is 0 Å². The second kappa shape index (κ2) is 9.68. The van der Waals surface area contributed by atoms with E-state index in [2.05, 4.69) is 17.1 Å². The molecule has 5 heteroatoms. The molecule has 1 aromatic carbocycles. The largest absolute Gasteiger partial charge is 0.466 e. The number of pyridine rings is 1. The van der Waals surface area contributed by atoms with Crippen molar-refractivity contribution in [3.05, 3.63) is 65.5 Å². The molecule has 0 aliphatic carbocycles. The minimum Gasteiger partial charge on any atom is -0.466 e. The van der Waals surface area contributed by atoms with Crippen LogP contribution in [0.1, 0.15) is 54.2 Å². The number of ether oxygens (including phenoxy) is 1. The predicted molar refractivity (Wildman–Crippen MR) is 113 cm³/mol. The summed E-state index contributed by atoms with van der Waals surface area (Å²) in [7, 11) is 0. The number of esters is 1. The number of carbonyl (C=O) groups excluding carboxylic acids is 2. The lowest BCUT2D eigenvalue weighted by Crippen LogP contribution is -2.50. The maximum atomic E-state index is 13.1. The number of hydrogen-bond acceptors (Lipinski definition) is 4. The van der Waals surface area contributed by atoms with Gasteiger partial charge in [-0.3, -0.25) is 14.6 Å². The number of carbonyl (C=O) groups is 2. The lowest BCUT2D eigenvalue weighted by molar-refractivity contribution is -0.159. The van der Waals surface area contributed by atoms with Gasteiger partial charge in [0, 0.05) is 25.0 Å². The van der Waals surface area contributed by atoms with Crippen molar-refractivity contribution in [3.63, 3.8) is 0 Å². The molecule has 1 aliphatic heterocycles. The second-order valence-electron chi connectivity index (χ2n) is 7.81. The molecule has 29 heavy (non-hydrogen) atoms. The van der Waals surface area contributed by atoms with Crippen LogP contribution in [0.5, 0.6) is 0 Å². The Morgan fingerprint density at radius 2 is 1.97 bits per heavy atom. The Morgan fingerprint density at radius 1 is 1.17 bits per heavy atom. The maximum absolute atomic E-state index is 13.1. The van der Waals surface area contributed by atoms with E-state index in [-0.39, 0.29) is 11.9 Å². The summed E-state index contributed by atoms with van der Waals surface area (Å²) in [6, 6.07) is 13.9. The number of nitrogens with zero attached hydrogens (tertiary/aromatic N) is 2. The molecule has 0 saturated carbocycles. The van der Waals surface area contributed by atoms with Gasteiger partial charge in [0.15, 0.2) is 0 Å². The van der Waals surface area contributed by atoms with Crippen LogP contribution in [-0.2, 0) is 16.0 Å². The maximum Gasteiger partial charge on any atom is 0.313 e. The molecule has 1 aliphatic rings. The van der Waals surface area contributed by atoms with E-state index in [0.717, 1.165) is 32.1 Å². The number of rotatable bonds is 7. The van der Waals surface area contributed by atoms with Crippen LogP contribution in [-0.4, -0.2) is 41.5 Å². The van der Waals surface area contributed by atoms with Crippen LogP contribution in [0.15, 0.2) is 48.7 Å². The van der Waals surface area contributed by atoms with Crippen LogP contribution in [0.4, 0.5) is 0 Å². The predicted octanol–water partition coefficient (Wildman–Crippen LogP) is 4.20. The lowest BCUT2D eigenvalue weighted by Gasteiger charge is -2.41. The lowest BCUT2D eigenvalue weighted by atomic mass is 9.75. The van der Waals surface area contributed by atoms with Crippen molar-refractivity contribution in [2.24, 2.45) is 5.41 Å². The minimum atomic E-state index is -0.630. The standard InChI is InChI=1S/C24H30N2O3/c1-3-29-23(28)24(14-7-12-20-10-5-4-6-11-20)15-9-17-26(18-24)22(27)21-13-8-16-25-19(21)2/h4-6,8,10-11,13,16H,3,7,9,12,14-15,17-18H2,1-2H3/t24-/m1/s1. The Kier molecular flexibility index (Phi) is 7.02. The number of aryl methyl sites for hydroxylation is 2. The smallest absolute Gasteiger partial charge is 0.313 e. The fourth-order valence-corrected chi connectivity index (χ4v) is 4.22. The summed E-state index contributed by atoms with van der Waals surface area (Å²) >= 11 is 0. The molecule has 0 N–H and O–H groups in total. The van der Waals surface area contributed by atoms with E-state index in [4.69, 9.17) is 4.74 Å². The van der Waals surface area contributed by atoms with Gasteiger partial charge in [-0.1, -0.05) is 30.3 Å². The average Bonchev–Trinajstić information content (AvgIpc) is 2.75. The third-order valence-corrected chi connectivity index (χ3v) is 5.77. The van der Waals surface area contributed by atoms with E-state index in [0.29, 0.717) is 31.0 Å². The fourth-order valence-electron chi connectivity index (χ4n) is 4.22. The molecule has 1 saturated heterocycles. The van der Waals surface area contributed by atoms with Crippen LogP contribution < -0.4 is 0 Å². The zero-order valence-corrected chi connectivity index (χ0v) is 17.4. The first-order valence-electron chi connectivity index (χ1n) is 10.5. The number of piperidine rings is 1. The van der Waals surface area contributed by atoms with Gasteiger partial charge in [0.25, 0.3) is 5.91 Å². The molecule has 154 valence electrons. The van der Waals surface area contributed by atoms with Crippen molar-refractivity contribution in [3.8, 4) is 0 Å². The molecule has 0 bridgehead atoms. The third-order valence-electron chi connectivity index (χ3n) is 5.77. The summed E-state index contributed by atoms with van der Waals surface area (Å²) in [6.07, 6.45) is 5.77. The topological polar surface area (TPSA) is 59.5 Å². The van der Waals surface area contributed by atoms with Crippen LogP contribution in [0.25, 0.3) is 0 Å². The molecule has 1 amide bonds. The normalized spacial score (nSPS) is 19.0. The molecule has 1 atom stereocenters. The van der Waals surface area contributed by atoms with Crippen molar-refractivity contribution in [1.29, 1.82) is 0 Å². The molecule has 0 unspecified atom stereocenters. The molecule has 3 rings (SSSR count). The zero-order valence-electron chi connectivity index (χ0n) is 17.4. The van der Waals surface area contributed by atoms with E-state index in [1.165, 1.54) is 5.56 Å². The Balaban J connectivity index is 1.75. The molecular formula is C24H30N2O3. The quantitative estimate of drug-likeness (QED) is 0.661. The number of benzene rings is 1. The summed E-state index contributed by atoms with van der Waals surface area (Å²) in [5, 5.41) is 0. The Labute approximate surface area is 173 Å².